The van der Waals surface area contributed by atoms with Gasteiger partial charge in [0.1, 0.15) is 0 Å². The molecule has 0 radical (unpaired) electrons. The molecule has 0 bridgehead atoms. The molecule has 1 nitrogen and oxygen atoms in total. The molecular formula is C15H19BrF2O. The van der Waals surface area contributed by atoms with E-state index in [1.54, 1.807) is 0 Å². The van der Waals surface area contributed by atoms with Gasteiger partial charge in [0.25, 0.3) is 0 Å². The summed E-state index contributed by atoms with van der Waals surface area (Å²) in [5.74, 6) is -2.07. The van der Waals surface area contributed by atoms with E-state index in [9.17, 15) is 13.6 Å². The van der Waals surface area contributed by atoms with Crippen molar-refractivity contribution in [1.29, 1.82) is 0 Å². The van der Waals surface area contributed by atoms with E-state index in [4.69, 9.17) is 0 Å². The number of carbonyl (C=O) groups excluding carboxylic acids is 1. The van der Waals surface area contributed by atoms with Crippen LogP contribution in [0.4, 0.5) is 8.78 Å². The van der Waals surface area contributed by atoms with Gasteiger partial charge >= 0.3 is 0 Å². The lowest BCUT2D eigenvalue weighted by molar-refractivity contribution is 0.0977. The number of halogens is 3. The Bertz CT molecular complexity index is 432. The molecule has 0 aliphatic rings. The fourth-order valence-corrected chi connectivity index (χ4v) is 2.48. The fraction of sp³-hybridized carbons (Fsp3) is 0.533. The Morgan fingerprint density at radius 1 is 1.11 bits per heavy atom. The van der Waals surface area contributed by atoms with E-state index in [1.807, 2.05) is 0 Å². The smallest absolute Gasteiger partial charge is 0.173 e. The maximum Gasteiger partial charge on any atom is 0.173 e. The van der Waals surface area contributed by atoms with E-state index in [1.165, 1.54) is 25.3 Å². The van der Waals surface area contributed by atoms with E-state index in [0.29, 0.717) is 6.42 Å². The summed E-state index contributed by atoms with van der Waals surface area (Å²) in [7, 11) is 0. The van der Waals surface area contributed by atoms with Gasteiger partial charge in [-0.25, -0.2) is 8.78 Å². The normalized spacial score (nSPS) is 10.7. The third kappa shape index (κ3) is 5.01. The van der Waals surface area contributed by atoms with Gasteiger partial charge in [-0.1, -0.05) is 39.0 Å². The number of hydrogen-bond acceptors (Lipinski definition) is 1. The number of unbranched alkanes of at least 4 members (excludes halogenated alkanes) is 5. The Balaban J connectivity index is 2.44. The first kappa shape index (κ1) is 16.3. The van der Waals surface area contributed by atoms with Crippen LogP contribution >= 0.6 is 15.9 Å². The van der Waals surface area contributed by atoms with E-state index in [-0.39, 0.29) is 15.8 Å². The van der Waals surface area contributed by atoms with Crippen molar-refractivity contribution in [2.75, 3.05) is 0 Å². The van der Waals surface area contributed by atoms with Gasteiger partial charge in [-0.05, 0) is 34.5 Å². The predicted octanol–water partition coefficient (Wildman–Crippen LogP) is 5.66. The summed E-state index contributed by atoms with van der Waals surface area (Å²) >= 11 is 2.94. The molecular weight excluding hydrogens is 314 g/mol. The highest BCUT2D eigenvalue weighted by Gasteiger charge is 2.16. The third-order valence-corrected chi connectivity index (χ3v) is 3.87. The standard InChI is InChI=1S/C15H19BrF2O/c1-2-3-4-5-6-7-8-13(19)11-9-10-12(17)15(18)14(11)16/h9-10H,2-8H2,1H3. The average molecular weight is 333 g/mol. The zero-order valence-corrected chi connectivity index (χ0v) is 12.7. The molecule has 1 aromatic carbocycles. The van der Waals surface area contributed by atoms with E-state index < -0.39 is 11.6 Å². The van der Waals surface area contributed by atoms with Gasteiger partial charge in [-0.15, -0.1) is 0 Å². The molecule has 0 N–H and O–H groups in total. The molecule has 0 unspecified atom stereocenters. The van der Waals surface area contributed by atoms with Crippen LogP contribution in [0.1, 0.15) is 62.2 Å². The van der Waals surface area contributed by atoms with Crippen molar-refractivity contribution < 1.29 is 13.6 Å². The molecule has 0 saturated heterocycles. The van der Waals surface area contributed by atoms with Crippen LogP contribution in [0.2, 0.25) is 0 Å². The average Bonchev–Trinajstić information content (AvgIpc) is 2.40. The number of Topliss-reactive ketones (excluding diaryl/α,β-unsaturated/α-hetero) is 1. The summed E-state index contributed by atoms with van der Waals surface area (Å²) in [5, 5.41) is 0. The van der Waals surface area contributed by atoms with Crippen molar-refractivity contribution in [3.63, 3.8) is 0 Å². The number of hydrogen-bond donors (Lipinski definition) is 0. The second-order valence-electron chi connectivity index (χ2n) is 4.66. The van der Waals surface area contributed by atoms with Gasteiger partial charge in [-0.2, -0.15) is 0 Å². The van der Waals surface area contributed by atoms with Crippen LogP contribution in [0.3, 0.4) is 0 Å². The van der Waals surface area contributed by atoms with Gasteiger partial charge in [0.05, 0.1) is 4.47 Å². The Labute approximate surface area is 121 Å². The molecule has 0 aliphatic carbocycles. The summed E-state index contributed by atoms with van der Waals surface area (Å²) in [4.78, 5) is 11.9. The summed E-state index contributed by atoms with van der Waals surface area (Å²) < 4.78 is 26.2. The molecule has 0 aliphatic heterocycles. The molecule has 1 rings (SSSR count). The highest BCUT2D eigenvalue weighted by Crippen LogP contribution is 2.24. The second-order valence-corrected chi connectivity index (χ2v) is 5.46. The molecule has 0 fully saturated rings. The predicted molar refractivity (Wildman–Crippen MR) is 76.4 cm³/mol. The molecule has 4 heteroatoms. The quantitative estimate of drug-likeness (QED) is 0.341. The highest BCUT2D eigenvalue weighted by atomic mass is 79.9. The van der Waals surface area contributed by atoms with Crippen molar-refractivity contribution >= 4 is 21.7 Å². The molecule has 0 heterocycles. The highest BCUT2D eigenvalue weighted by molar-refractivity contribution is 9.10. The lowest BCUT2D eigenvalue weighted by Crippen LogP contribution is -2.03. The molecule has 106 valence electrons. The van der Waals surface area contributed by atoms with E-state index in [0.717, 1.165) is 25.3 Å². The lowest BCUT2D eigenvalue weighted by atomic mass is 10.0. The molecule has 0 amide bonds. The Kier molecular flexibility index (Phi) is 7.21. The molecule has 0 atom stereocenters. The first-order chi connectivity index (χ1) is 9.07. The van der Waals surface area contributed by atoms with Crippen molar-refractivity contribution in [2.45, 2.75) is 51.9 Å². The van der Waals surface area contributed by atoms with Gasteiger partial charge in [0.2, 0.25) is 0 Å². The maximum absolute atomic E-state index is 13.3. The molecule has 0 aromatic heterocycles. The molecule has 0 spiro atoms. The van der Waals surface area contributed by atoms with Gasteiger partial charge in [0.15, 0.2) is 17.4 Å². The number of ketones is 1. The minimum absolute atomic E-state index is 0.0662. The van der Waals surface area contributed by atoms with Gasteiger partial charge < -0.3 is 0 Å². The number of benzene rings is 1. The fourth-order valence-electron chi connectivity index (χ4n) is 1.94. The zero-order chi connectivity index (χ0) is 14.3. The number of carbonyl (C=O) groups is 1. The largest absolute Gasteiger partial charge is 0.294 e. The molecule has 0 saturated carbocycles. The summed E-state index contributed by atoms with van der Waals surface area (Å²) in [6.07, 6.45) is 6.93. The minimum Gasteiger partial charge on any atom is -0.294 e. The maximum atomic E-state index is 13.3. The van der Waals surface area contributed by atoms with Crippen LogP contribution in [0, 0.1) is 11.6 Å². The third-order valence-electron chi connectivity index (χ3n) is 3.09. The van der Waals surface area contributed by atoms with Gasteiger partial charge in [0, 0.05) is 12.0 Å². The summed E-state index contributed by atoms with van der Waals surface area (Å²) in [6, 6.07) is 2.33. The second kappa shape index (κ2) is 8.41. The topological polar surface area (TPSA) is 17.1 Å². The van der Waals surface area contributed by atoms with Crippen molar-refractivity contribution in [3.05, 3.63) is 33.8 Å². The zero-order valence-electron chi connectivity index (χ0n) is 11.1. The monoisotopic (exact) mass is 332 g/mol. The van der Waals surface area contributed by atoms with E-state index >= 15 is 0 Å². The van der Waals surface area contributed by atoms with Crippen molar-refractivity contribution in [2.24, 2.45) is 0 Å². The van der Waals surface area contributed by atoms with Gasteiger partial charge in [-0.3, -0.25) is 4.79 Å². The first-order valence-electron chi connectivity index (χ1n) is 6.74. The van der Waals surface area contributed by atoms with Crippen LogP contribution in [0.25, 0.3) is 0 Å². The summed E-state index contributed by atoms with van der Waals surface area (Å²) in [6.45, 7) is 2.16. The van der Waals surface area contributed by atoms with E-state index in [2.05, 4.69) is 22.9 Å². The number of rotatable bonds is 8. The van der Waals surface area contributed by atoms with Crippen molar-refractivity contribution in [1.82, 2.24) is 0 Å². The Morgan fingerprint density at radius 2 is 1.74 bits per heavy atom. The van der Waals surface area contributed by atoms with Crippen LogP contribution < -0.4 is 0 Å². The minimum atomic E-state index is -0.992. The van der Waals surface area contributed by atoms with Crippen LogP contribution in [0.15, 0.2) is 16.6 Å². The SMILES string of the molecule is CCCCCCCCC(=O)c1ccc(F)c(F)c1Br. The van der Waals surface area contributed by atoms with Crippen LogP contribution in [-0.4, -0.2) is 5.78 Å². The van der Waals surface area contributed by atoms with Crippen molar-refractivity contribution in [3.8, 4) is 0 Å². The first-order valence-corrected chi connectivity index (χ1v) is 7.54. The Morgan fingerprint density at radius 3 is 2.42 bits per heavy atom. The molecule has 19 heavy (non-hydrogen) atoms. The lowest BCUT2D eigenvalue weighted by Gasteiger charge is -2.05. The van der Waals surface area contributed by atoms with Crippen LogP contribution in [0.5, 0.6) is 0 Å². The Hall–Kier alpha value is -0.770. The summed E-state index contributed by atoms with van der Waals surface area (Å²) in [5.41, 5.74) is 0.229. The molecule has 1 aromatic rings. The van der Waals surface area contributed by atoms with Crippen LogP contribution in [-0.2, 0) is 0 Å².